The Morgan fingerprint density at radius 2 is 2.38 bits per heavy atom. The van der Waals surface area contributed by atoms with Crippen LogP contribution < -0.4 is 0 Å². The van der Waals surface area contributed by atoms with Gasteiger partial charge in [0.25, 0.3) is 0 Å². The normalized spacial score (nSPS) is 10.2. The molecular weight excluding hydrogens is 210 g/mol. The van der Waals surface area contributed by atoms with E-state index in [0.717, 1.165) is 0 Å². The summed E-state index contributed by atoms with van der Waals surface area (Å²) in [5.74, 6) is 0.586. The van der Waals surface area contributed by atoms with Gasteiger partial charge in [0.1, 0.15) is 5.69 Å². The molecule has 0 aliphatic carbocycles. The van der Waals surface area contributed by atoms with Crippen LogP contribution in [0, 0.1) is 0 Å². The van der Waals surface area contributed by atoms with Gasteiger partial charge in [-0.3, -0.25) is 4.79 Å². The van der Waals surface area contributed by atoms with E-state index in [1.165, 1.54) is 11.3 Å². The third kappa shape index (κ3) is 1.64. The molecule has 0 bridgehead atoms. The number of halogens is 1. The van der Waals surface area contributed by atoms with Gasteiger partial charge in [-0.05, 0) is 23.7 Å². The van der Waals surface area contributed by atoms with Crippen LogP contribution in [0.15, 0.2) is 21.9 Å². The molecule has 0 fully saturated rings. The Morgan fingerprint density at radius 1 is 1.54 bits per heavy atom. The molecule has 0 N–H and O–H groups in total. The highest BCUT2D eigenvalue weighted by Gasteiger charge is 2.07. The maximum Gasteiger partial charge on any atom is 0.194 e. The fourth-order valence-corrected chi connectivity index (χ4v) is 1.75. The summed E-state index contributed by atoms with van der Waals surface area (Å²) in [5.41, 5.74) is 0.410. The van der Waals surface area contributed by atoms with E-state index < -0.39 is 0 Å². The highest BCUT2D eigenvalue weighted by atomic mass is 35.5. The zero-order valence-electron chi connectivity index (χ0n) is 6.36. The van der Waals surface area contributed by atoms with E-state index in [-0.39, 0.29) is 0 Å². The van der Waals surface area contributed by atoms with Gasteiger partial charge in [0, 0.05) is 5.38 Å². The number of nitrogens with zero attached hydrogens (tertiary/aromatic N) is 1. The van der Waals surface area contributed by atoms with Crippen molar-refractivity contribution in [3.05, 3.63) is 28.4 Å². The van der Waals surface area contributed by atoms with Crippen LogP contribution in [0.3, 0.4) is 0 Å². The zero-order valence-corrected chi connectivity index (χ0v) is 7.93. The van der Waals surface area contributed by atoms with Gasteiger partial charge in [0.05, 0.1) is 0 Å². The third-order valence-corrected chi connectivity index (χ3v) is 2.50. The monoisotopic (exact) mass is 213 g/mol. The minimum absolute atomic E-state index is 0.317. The van der Waals surface area contributed by atoms with Gasteiger partial charge in [-0.15, -0.1) is 11.3 Å². The molecule has 0 radical (unpaired) electrons. The van der Waals surface area contributed by atoms with Crippen LogP contribution in [-0.4, -0.2) is 11.3 Å². The highest BCUT2D eigenvalue weighted by Crippen LogP contribution is 2.26. The van der Waals surface area contributed by atoms with Crippen molar-refractivity contribution in [2.45, 2.75) is 0 Å². The lowest BCUT2D eigenvalue weighted by Crippen LogP contribution is -1.77. The van der Waals surface area contributed by atoms with Crippen molar-refractivity contribution in [2.75, 3.05) is 0 Å². The minimum atomic E-state index is 0.317. The average molecular weight is 214 g/mol. The lowest BCUT2D eigenvalue weighted by molar-refractivity contribution is 0.111. The van der Waals surface area contributed by atoms with Crippen LogP contribution in [0.25, 0.3) is 10.8 Å². The second-order valence-corrected chi connectivity index (χ2v) is 3.53. The maximum absolute atomic E-state index is 10.3. The Bertz CT molecular complexity index is 435. The molecule has 0 aliphatic rings. The van der Waals surface area contributed by atoms with Crippen molar-refractivity contribution < 1.29 is 9.21 Å². The van der Waals surface area contributed by atoms with Crippen molar-refractivity contribution in [1.29, 1.82) is 0 Å². The molecule has 0 spiro atoms. The fourth-order valence-electron chi connectivity index (χ4n) is 0.883. The number of furan rings is 1. The number of carbonyl (C=O) groups is 1. The number of aromatic nitrogens is 1. The first kappa shape index (κ1) is 8.47. The Kier molecular flexibility index (Phi) is 2.16. The number of hydrogen-bond acceptors (Lipinski definition) is 4. The summed E-state index contributed by atoms with van der Waals surface area (Å²) < 4.78 is 5.12. The van der Waals surface area contributed by atoms with E-state index in [9.17, 15) is 4.79 Å². The maximum atomic E-state index is 10.3. The van der Waals surface area contributed by atoms with Gasteiger partial charge in [-0.1, -0.05) is 0 Å². The van der Waals surface area contributed by atoms with Crippen LogP contribution in [0.5, 0.6) is 0 Å². The summed E-state index contributed by atoms with van der Waals surface area (Å²) >= 11 is 6.94. The summed E-state index contributed by atoms with van der Waals surface area (Å²) in [7, 11) is 0. The summed E-state index contributed by atoms with van der Waals surface area (Å²) in [5, 5.41) is 2.64. The van der Waals surface area contributed by atoms with Gasteiger partial charge in [-0.2, -0.15) is 0 Å². The zero-order chi connectivity index (χ0) is 9.26. The predicted molar refractivity (Wildman–Crippen MR) is 50.2 cm³/mol. The molecule has 2 heterocycles. The fraction of sp³-hybridized carbons (Fsp3) is 0. The third-order valence-electron chi connectivity index (χ3n) is 1.43. The largest absolute Gasteiger partial charge is 0.442 e. The van der Waals surface area contributed by atoms with Crippen LogP contribution in [0.1, 0.15) is 10.5 Å². The molecule has 13 heavy (non-hydrogen) atoms. The number of thiazole rings is 1. The Morgan fingerprint density at radius 3 is 2.92 bits per heavy atom. The van der Waals surface area contributed by atoms with Crippen LogP contribution in [0.2, 0.25) is 5.22 Å². The van der Waals surface area contributed by atoms with Crippen LogP contribution in [-0.2, 0) is 0 Å². The summed E-state index contributed by atoms with van der Waals surface area (Å²) in [4.78, 5) is 14.4. The Hall–Kier alpha value is -1.13. The van der Waals surface area contributed by atoms with Crippen LogP contribution in [0.4, 0.5) is 0 Å². The van der Waals surface area contributed by atoms with Gasteiger partial charge < -0.3 is 4.42 Å². The van der Waals surface area contributed by atoms with Gasteiger partial charge in [0.15, 0.2) is 22.3 Å². The van der Waals surface area contributed by atoms with E-state index >= 15 is 0 Å². The molecule has 0 atom stereocenters. The van der Waals surface area contributed by atoms with Crippen molar-refractivity contribution in [3.8, 4) is 10.8 Å². The molecule has 5 heteroatoms. The number of hydrogen-bond donors (Lipinski definition) is 0. The first-order valence-electron chi connectivity index (χ1n) is 3.46. The Balaban J connectivity index is 2.40. The molecule has 0 unspecified atom stereocenters. The molecule has 2 aromatic heterocycles. The van der Waals surface area contributed by atoms with Gasteiger partial charge in [0.2, 0.25) is 0 Å². The smallest absolute Gasteiger partial charge is 0.194 e. The van der Waals surface area contributed by atoms with E-state index in [1.807, 2.05) is 0 Å². The molecule has 0 aromatic carbocycles. The van der Waals surface area contributed by atoms with Crippen molar-refractivity contribution in [3.63, 3.8) is 0 Å². The van der Waals surface area contributed by atoms with E-state index in [4.69, 9.17) is 16.0 Å². The Labute approximate surface area is 83.0 Å². The molecule has 2 rings (SSSR count). The van der Waals surface area contributed by atoms with Crippen molar-refractivity contribution in [1.82, 2.24) is 4.98 Å². The summed E-state index contributed by atoms with van der Waals surface area (Å²) in [6.07, 6.45) is 0.699. The van der Waals surface area contributed by atoms with Gasteiger partial charge in [-0.25, -0.2) is 4.98 Å². The standard InChI is InChI=1S/C8H4ClNO2S/c9-7-2-1-6(12-7)8-10-5(3-11)4-13-8/h1-4H. The van der Waals surface area contributed by atoms with E-state index in [0.29, 0.717) is 28.0 Å². The SMILES string of the molecule is O=Cc1csc(-c2ccc(Cl)o2)n1. The first-order chi connectivity index (χ1) is 6.29. The minimum Gasteiger partial charge on any atom is -0.442 e. The number of rotatable bonds is 2. The molecule has 0 aliphatic heterocycles. The molecule has 3 nitrogen and oxygen atoms in total. The lowest BCUT2D eigenvalue weighted by Gasteiger charge is -1.85. The summed E-state index contributed by atoms with van der Waals surface area (Å²) in [6.45, 7) is 0. The predicted octanol–water partition coefficient (Wildman–Crippen LogP) is 2.87. The number of aldehydes is 1. The molecule has 0 saturated heterocycles. The van der Waals surface area contributed by atoms with Crippen molar-refractivity contribution >= 4 is 29.2 Å². The summed E-state index contributed by atoms with van der Waals surface area (Å²) in [6, 6.07) is 3.36. The van der Waals surface area contributed by atoms with E-state index in [2.05, 4.69) is 4.98 Å². The molecule has 0 amide bonds. The van der Waals surface area contributed by atoms with Crippen molar-refractivity contribution in [2.24, 2.45) is 0 Å². The molecule has 0 saturated carbocycles. The first-order valence-corrected chi connectivity index (χ1v) is 4.72. The topological polar surface area (TPSA) is 43.1 Å². The van der Waals surface area contributed by atoms with Crippen LogP contribution >= 0.6 is 22.9 Å². The second-order valence-electron chi connectivity index (χ2n) is 2.30. The van der Waals surface area contributed by atoms with E-state index in [1.54, 1.807) is 17.5 Å². The molecule has 2 aromatic rings. The second kappa shape index (κ2) is 3.32. The number of carbonyl (C=O) groups excluding carboxylic acids is 1. The molecule has 66 valence electrons. The highest BCUT2D eigenvalue weighted by molar-refractivity contribution is 7.13. The molecular formula is C8H4ClNO2S. The lowest BCUT2D eigenvalue weighted by atomic mass is 10.4. The van der Waals surface area contributed by atoms with Gasteiger partial charge >= 0.3 is 0 Å². The average Bonchev–Trinajstić information content (AvgIpc) is 2.71. The quantitative estimate of drug-likeness (QED) is 0.721.